The van der Waals surface area contributed by atoms with Crippen LogP contribution in [0.15, 0.2) is 88.8 Å². The molecular weight excluding hydrogens is 505 g/mol. The van der Waals surface area contributed by atoms with Crippen molar-refractivity contribution in [3.05, 3.63) is 111 Å². The highest BCUT2D eigenvalue weighted by molar-refractivity contribution is 7.95. The van der Waals surface area contributed by atoms with Gasteiger partial charge in [0.05, 0.1) is 10.6 Å². The smallest absolute Gasteiger partial charge is 0.221 e. The first kappa shape index (κ1) is 24.7. The molecule has 1 aromatic heterocycles. The van der Waals surface area contributed by atoms with E-state index in [4.69, 9.17) is 23.2 Å². The lowest BCUT2D eigenvalue weighted by molar-refractivity contribution is -0.108. The highest BCUT2D eigenvalue weighted by Crippen LogP contribution is 2.30. The molecule has 0 saturated carbocycles. The van der Waals surface area contributed by atoms with Crippen LogP contribution in [0.5, 0.6) is 0 Å². The fourth-order valence-electron chi connectivity index (χ4n) is 3.54. The number of hydrogen-bond acceptors (Lipinski definition) is 4. The van der Waals surface area contributed by atoms with Crippen LogP contribution in [0, 0.1) is 6.92 Å². The molecule has 0 saturated heterocycles. The third-order valence-corrected chi connectivity index (χ3v) is 7.58. The fraction of sp³-hybridized carbons (Fsp3) is 0.0769. The van der Waals surface area contributed by atoms with E-state index in [9.17, 15) is 13.2 Å². The SMILES string of the molecule is Cc1ccc(S(=O)(=O)C(=Cc2c(Cl)nc(-c3ccccc3)n2Cc2ccc(Cl)cc2)NC=O)cc1. The van der Waals surface area contributed by atoms with Crippen LogP contribution in [0.2, 0.25) is 10.2 Å². The normalized spacial score (nSPS) is 11.9. The number of aryl methyl sites for hydroxylation is 1. The van der Waals surface area contributed by atoms with E-state index in [1.165, 1.54) is 18.2 Å². The summed E-state index contributed by atoms with van der Waals surface area (Å²) in [6, 6.07) is 23.1. The number of halogens is 2. The molecule has 0 fully saturated rings. The molecule has 0 spiro atoms. The Morgan fingerprint density at radius 1 is 0.971 bits per heavy atom. The summed E-state index contributed by atoms with van der Waals surface area (Å²) >= 11 is 12.6. The lowest BCUT2D eigenvalue weighted by atomic mass is 10.2. The van der Waals surface area contributed by atoms with E-state index in [2.05, 4.69) is 10.3 Å². The van der Waals surface area contributed by atoms with E-state index in [0.717, 1.165) is 16.7 Å². The van der Waals surface area contributed by atoms with Crippen molar-refractivity contribution in [2.45, 2.75) is 18.4 Å². The van der Waals surface area contributed by atoms with Crippen molar-refractivity contribution in [1.82, 2.24) is 14.9 Å². The minimum Gasteiger partial charge on any atom is -0.319 e. The topological polar surface area (TPSA) is 81.1 Å². The van der Waals surface area contributed by atoms with E-state index < -0.39 is 9.84 Å². The van der Waals surface area contributed by atoms with Crippen molar-refractivity contribution in [3.63, 3.8) is 0 Å². The number of carbonyl (C=O) groups is 1. The van der Waals surface area contributed by atoms with E-state index >= 15 is 0 Å². The number of carbonyl (C=O) groups excluding carboxylic acids is 1. The Hall–Kier alpha value is -3.39. The third-order valence-electron chi connectivity index (χ3n) is 5.34. The third kappa shape index (κ3) is 5.48. The predicted molar refractivity (Wildman–Crippen MR) is 139 cm³/mol. The maximum absolute atomic E-state index is 13.4. The first-order chi connectivity index (χ1) is 16.8. The van der Waals surface area contributed by atoms with Crippen molar-refractivity contribution in [3.8, 4) is 11.4 Å². The molecule has 0 aliphatic rings. The summed E-state index contributed by atoms with van der Waals surface area (Å²) in [5.74, 6) is 0.551. The van der Waals surface area contributed by atoms with Gasteiger partial charge in [0, 0.05) is 23.2 Å². The standard InChI is InChI=1S/C26H21Cl2N3O3S/c1-18-7-13-22(14-8-18)35(33,34)24(29-17-32)15-23-25(28)30-26(20-5-3-2-4-6-20)31(23)16-19-9-11-21(27)12-10-19/h2-15,17H,16H2,1H3,(H,29,32). The Morgan fingerprint density at radius 3 is 2.26 bits per heavy atom. The van der Waals surface area contributed by atoms with Gasteiger partial charge in [-0.2, -0.15) is 0 Å². The summed E-state index contributed by atoms with van der Waals surface area (Å²) in [5, 5.41) is 2.72. The van der Waals surface area contributed by atoms with Gasteiger partial charge in [0.2, 0.25) is 16.2 Å². The van der Waals surface area contributed by atoms with Gasteiger partial charge >= 0.3 is 0 Å². The van der Waals surface area contributed by atoms with E-state index in [1.54, 1.807) is 28.8 Å². The maximum Gasteiger partial charge on any atom is 0.221 e. The molecule has 0 aliphatic heterocycles. The number of benzene rings is 3. The zero-order chi connectivity index (χ0) is 25.0. The molecule has 4 rings (SSSR count). The van der Waals surface area contributed by atoms with E-state index in [-0.39, 0.29) is 15.1 Å². The molecule has 0 bridgehead atoms. The van der Waals surface area contributed by atoms with Gasteiger partial charge in [-0.3, -0.25) is 4.79 Å². The van der Waals surface area contributed by atoms with Crippen LogP contribution in [0.3, 0.4) is 0 Å². The lowest BCUT2D eigenvalue weighted by Crippen LogP contribution is -2.20. The second-order valence-corrected chi connectivity index (χ2v) is 10.5. The fourth-order valence-corrected chi connectivity index (χ4v) is 5.12. The highest BCUT2D eigenvalue weighted by Gasteiger charge is 2.24. The van der Waals surface area contributed by atoms with Gasteiger partial charge in [0.25, 0.3) is 0 Å². The minimum atomic E-state index is -4.04. The lowest BCUT2D eigenvalue weighted by Gasteiger charge is -2.13. The number of nitrogens with zero attached hydrogens (tertiary/aromatic N) is 2. The highest BCUT2D eigenvalue weighted by atomic mass is 35.5. The summed E-state index contributed by atoms with van der Waals surface area (Å²) in [6.07, 6.45) is 1.66. The molecule has 0 atom stereocenters. The van der Waals surface area contributed by atoms with Gasteiger partial charge in [-0.1, -0.05) is 83.4 Å². The molecule has 9 heteroatoms. The second kappa shape index (κ2) is 10.5. The first-order valence-corrected chi connectivity index (χ1v) is 12.8. The van der Waals surface area contributed by atoms with Crippen LogP contribution in [0.25, 0.3) is 17.5 Å². The molecule has 3 aromatic carbocycles. The quantitative estimate of drug-likeness (QED) is 0.297. The molecule has 1 heterocycles. The Morgan fingerprint density at radius 2 is 1.63 bits per heavy atom. The van der Waals surface area contributed by atoms with Crippen LogP contribution in [0.4, 0.5) is 0 Å². The zero-order valence-electron chi connectivity index (χ0n) is 18.7. The first-order valence-electron chi connectivity index (χ1n) is 10.6. The van der Waals surface area contributed by atoms with Crippen molar-refractivity contribution >= 4 is 45.5 Å². The summed E-state index contributed by atoms with van der Waals surface area (Å²) in [5.41, 5.74) is 2.95. The van der Waals surface area contributed by atoms with Crippen LogP contribution in [-0.4, -0.2) is 24.4 Å². The predicted octanol–water partition coefficient (Wildman–Crippen LogP) is 5.73. The summed E-state index contributed by atoms with van der Waals surface area (Å²) in [7, 11) is -4.04. The molecule has 4 aromatic rings. The zero-order valence-corrected chi connectivity index (χ0v) is 21.0. The average Bonchev–Trinajstić information content (AvgIpc) is 3.16. The van der Waals surface area contributed by atoms with Crippen LogP contribution >= 0.6 is 23.2 Å². The number of hydrogen-bond donors (Lipinski definition) is 1. The molecule has 1 N–H and O–H groups in total. The number of rotatable bonds is 8. The molecule has 1 amide bonds. The average molecular weight is 526 g/mol. The van der Waals surface area contributed by atoms with Crippen molar-refractivity contribution < 1.29 is 13.2 Å². The second-order valence-electron chi connectivity index (χ2n) is 7.78. The summed E-state index contributed by atoms with van der Waals surface area (Å²) in [6.45, 7) is 2.20. The monoisotopic (exact) mass is 525 g/mol. The molecule has 0 radical (unpaired) electrons. The summed E-state index contributed by atoms with van der Waals surface area (Å²) in [4.78, 5) is 15.9. The van der Waals surface area contributed by atoms with Gasteiger partial charge in [-0.25, -0.2) is 13.4 Å². The van der Waals surface area contributed by atoms with Crippen LogP contribution in [-0.2, 0) is 21.2 Å². The molecule has 0 unspecified atom stereocenters. The summed E-state index contributed by atoms with van der Waals surface area (Å²) < 4.78 is 28.5. The Bertz CT molecular complexity index is 1480. The minimum absolute atomic E-state index is 0.0480. The van der Waals surface area contributed by atoms with Crippen LogP contribution in [0.1, 0.15) is 16.8 Å². The van der Waals surface area contributed by atoms with Gasteiger partial charge in [-0.05, 0) is 36.8 Å². The largest absolute Gasteiger partial charge is 0.319 e. The molecule has 0 aliphatic carbocycles. The molecule has 35 heavy (non-hydrogen) atoms. The molecule has 6 nitrogen and oxygen atoms in total. The number of imidazole rings is 1. The van der Waals surface area contributed by atoms with E-state index in [0.29, 0.717) is 29.5 Å². The Labute approximate surface area is 213 Å². The van der Waals surface area contributed by atoms with Crippen molar-refractivity contribution in [2.75, 3.05) is 0 Å². The van der Waals surface area contributed by atoms with E-state index in [1.807, 2.05) is 49.4 Å². The maximum atomic E-state index is 13.4. The molecular formula is C26H21Cl2N3O3S. The Kier molecular flexibility index (Phi) is 7.40. The molecule has 178 valence electrons. The van der Waals surface area contributed by atoms with Crippen molar-refractivity contribution in [2.24, 2.45) is 0 Å². The number of aromatic nitrogens is 2. The Balaban J connectivity index is 1.89. The number of nitrogens with one attached hydrogen (secondary N) is 1. The van der Waals surface area contributed by atoms with Crippen LogP contribution < -0.4 is 5.32 Å². The number of amides is 1. The van der Waals surface area contributed by atoms with Gasteiger partial charge in [0.1, 0.15) is 10.9 Å². The van der Waals surface area contributed by atoms with Gasteiger partial charge in [0.15, 0.2) is 5.15 Å². The number of sulfone groups is 1. The van der Waals surface area contributed by atoms with Gasteiger partial charge < -0.3 is 9.88 Å². The van der Waals surface area contributed by atoms with Gasteiger partial charge in [-0.15, -0.1) is 0 Å². The van der Waals surface area contributed by atoms with Crippen molar-refractivity contribution in [1.29, 1.82) is 0 Å².